The molecule has 0 N–H and O–H groups in total. The largest absolute Gasteiger partial charge is 0.0843 e. The number of hydrogen-bond acceptors (Lipinski definition) is 0. The highest BCUT2D eigenvalue weighted by molar-refractivity contribution is 6.30. The lowest BCUT2D eigenvalue weighted by molar-refractivity contribution is 1.40. The van der Waals surface area contributed by atoms with Gasteiger partial charge in [0.25, 0.3) is 0 Å². The fourth-order valence-electron chi connectivity index (χ4n) is 1.23. The molecule has 0 bridgehead atoms. The Morgan fingerprint density at radius 1 is 1.42 bits per heavy atom. The molecule has 0 nitrogen and oxygen atoms in total. The monoisotopic (exact) mass is 180 g/mol. The van der Waals surface area contributed by atoms with Crippen molar-refractivity contribution in [1.82, 2.24) is 0 Å². The molecule has 0 heterocycles. The van der Waals surface area contributed by atoms with Crippen molar-refractivity contribution >= 4 is 17.2 Å². The minimum Gasteiger partial charge on any atom is -0.0843 e. The normalized spacial score (nSPS) is 11.8. The van der Waals surface area contributed by atoms with E-state index in [4.69, 9.17) is 11.6 Å². The summed E-state index contributed by atoms with van der Waals surface area (Å²) in [6.07, 6.45) is 2.11. The second-order valence-electron chi connectivity index (χ2n) is 2.93. The van der Waals surface area contributed by atoms with Gasteiger partial charge in [-0.3, -0.25) is 0 Å². The smallest absolute Gasteiger partial charge is 0.0409 e. The van der Waals surface area contributed by atoms with Gasteiger partial charge >= 0.3 is 0 Å². The van der Waals surface area contributed by atoms with Gasteiger partial charge in [-0.05, 0) is 49.6 Å². The van der Waals surface area contributed by atoms with E-state index in [1.165, 1.54) is 16.7 Å². The van der Waals surface area contributed by atoms with Crippen molar-refractivity contribution in [3.63, 3.8) is 0 Å². The van der Waals surface area contributed by atoms with Crippen LogP contribution < -0.4 is 0 Å². The maximum Gasteiger partial charge on any atom is 0.0409 e. The van der Waals surface area contributed by atoms with Gasteiger partial charge in [0.05, 0.1) is 0 Å². The van der Waals surface area contributed by atoms with Crippen molar-refractivity contribution in [1.29, 1.82) is 0 Å². The first-order valence-corrected chi connectivity index (χ1v) is 4.42. The molecule has 1 heteroatoms. The van der Waals surface area contributed by atoms with Crippen LogP contribution in [0.15, 0.2) is 24.3 Å². The first-order chi connectivity index (χ1) is 5.65. The van der Waals surface area contributed by atoms with Gasteiger partial charge in [-0.25, -0.2) is 0 Å². The predicted molar refractivity (Wildman–Crippen MR) is 55.5 cm³/mol. The molecule has 12 heavy (non-hydrogen) atoms. The molecule has 1 aromatic rings. The zero-order chi connectivity index (χ0) is 9.14. The van der Waals surface area contributed by atoms with Crippen molar-refractivity contribution in [3.05, 3.63) is 40.4 Å². The first-order valence-electron chi connectivity index (χ1n) is 4.04. The SMILES string of the molecule is C/C=C(\C)c1ccc(Cl)cc1C. The highest BCUT2D eigenvalue weighted by Gasteiger charge is 1.99. The van der Waals surface area contributed by atoms with Crippen LogP contribution in [0.3, 0.4) is 0 Å². The molecule has 0 fully saturated rings. The number of allylic oxidation sites excluding steroid dienone is 2. The molecule has 0 atom stereocenters. The summed E-state index contributed by atoms with van der Waals surface area (Å²) >= 11 is 5.85. The fourth-order valence-corrected chi connectivity index (χ4v) is 1.45. The molecule has 1 rings (SSSR count). The summed E-state index contributed by atoms with van der Waals surface area (Å²) in [5.74, 6) is 0. The Hall–Kier alpha value is -0.750. The van der Waals surface area contributed by atoms with Gasteiger partial charge in [0, 0.05) is 5.02 Å². The maximum atomic E-state index is 5.85. The van der Waals surface area contributed by atoms with Gasteiger partial charge in [-0.2, -0.15) is 0 Å². The zero-order valence-corrected chi connectivity index (χ0v) is 8.44. The molecule has 1 aromatic carbocycles. The van der Waals surface area contributed by atoms with Gasteiger partial charge in [0.1, 0.15) is 0 Å². The summed E-state index contributed by atoms with van der Waals surface area (Å²) in [5, 5.41) is 0.806. The van der Waals surface area contributed by atoms with Crippen molar-refractivity contribution in [2.24, 2.45) is 0 Å². The summed E-state index contributed by atoms with van der Waals surface area (Å²) in [6, 6.07) is 5.98. The molecule has 64 valence electrons. The molecular weight excluding hydrogens is 168 g/mol. The standard InChI is InChI=1S/C11H13Cl/c1-4-8(2)11-6-5-10(12)7-9(11)3/h4-7H,1-3H3/b8-4+. The molecule has 0 amide bonds. The van der Waals surface area contributed by atoms with E-state index in [9.17, 15) is 0 Å². The van der Waals surface area contributed by atoms with E-state index in [1.807, 2.05) is 19.1 Å². The van der Waals surface area contributed by atoms with Crippen LogP contribution in [0, 0.1) is 6.92 Å². The summed E-state index contributed by atoms with van der Waals surface area (Å²) in [4.78, 5) is 0. The Morgan fingerprint density at radius 2 is 2.08 bits per heavy atom. The first kappa shape index (κ1) is 9.34. The molecule has 0 saturated carbocycles. The van der Waals surface area contributed by atoms with Crippen LogP contribution in [0.4, 0.5) is 0 Å². The van der Waals surface area contributed by atoms with Crippen molar-refractivity contribution < 1.29 is 0 Å². The van der Waals surface area contributed by atoms with E-state index in [0.29, 0.717) is 0 Å². The van der Waals surface area contributed by atoms with Crippen LogP contribution in [0.1, 0.15) is 25.0 Å². The number of aryl methyl sites for hydroxylation is 1. The number of benzene rings is 1. The summed E-state index contributed by atoms with van der Waals surface area (Å²) in [7, 11) is 0. The van der Waals surface area contributed by atoms with Crippen LogP contribution >= 0.6 is 11.6 Å². The zero-order valence-electron chi connectivity index (χ0n) is 7.69. The van der Waals surface area contributed by atoms with Crippen LogP contribution in [0.5, 0.6) is 0 Å². The summed E-state index contributed by atoms with van der Waals surface area (Å²) in [5.41, 5.74) is 3.81. The van der Waals surface area contributed by atoms with E-state index >= 15 is 0 Å². The molecule has 0 aliphatic rings. The third-order valence-electron chi connectivity index (χ3n) is 2.05. The highest BCUT2D eigenvalue weighted by Crippen LogP contribution is 2.21. The molecule has 0 saturated heterocycles. The van der Waals surface area contributed by atoms with Crippen LogP contribution in [-0.2, 0) is 0 Å². The molecule has 0 unspecified atom stereocenters. The van der Waals surface area contributed by atoms with Gasteiger partial charge in [0.2, 0.25) is 0 Å². The quantitative estimate of drug-likeness (QED) is 0.611. The third kappa shape index (κ3) is 1.89. The van der Waals surface area contributed by atoms with E-state index in [0.717, 1.165) is 5.02 Å². The molecule has 0 aliphatic carbocycles. The average Bonchev–Trinajstić information content (AvgIpc) is 2.03. The Labute approximate surface area is 78.9 Å². The lowest BCUT2D eigenvalue weighted by Gasteiger charge is -2.05. The summed E-state index contributed by atoms with van der Waals surface area (Å²) in [6.45, 7) is 6.23. The highest BCUT2D eigenvalue weighted by atomic mass is 35.5. The Bertz CT molecular complexity index is 311. The second-order valence-corrected chi connectivity index (χ2v) is 3.37. The molecule has 0 radical (unpaired) electrons. The lowest BCUT2D eigenvalue weighted by atomic mass is 10.0. The van der Waals surface area contributed by atoms with Crippen LogP contribution in [0.2, 0.25) is 5.02 Å². The molecular formula is C11H13Cl. The van der Waals surface area contributed by atoms with E-state index < -0.39 is 0 Å². The number of halogens is 1. The average molecular weight is 181 g/mol. The Kier molecular flexibility index (Phi) is 2.93. The fraction of sp³-hybridized carbons (Fsp3) is 0.273. The third-order valence-corrected chi connectivity index (χ3v) is 2.28. The van der Waals surface area contributed by atoms with Gasteiger partial charge in [-0.1, -0.05) is 23.7 Å². The Balaban J connectivity index is 3.18. The van der Waals surface area contributed by atoms with Crippen LogP contribution in [0.25, 0.3) is 5.57 Å². The predicted octanol–water partition coefficient (Wildman–Crippen LogP) is 4.07. The topological polar surface area (TPSA) is 0 Å². The van der Waals surface area contributed by atoms with Gasteiger partial charge in [0.15, 0.2) is 0 Å². The minimum absolute atomic E-state index is 0.806. The minimum atomic E-state index is 0.806. The van der Waals surface area contributed by atoms with E-state index in [1.54, 1.807) is 0 Å². The number of hydrogen-bond donors (Lipinski definition) is 0. The van der Waals surface area contributed by atoms with Gasteiger partial charge in [-0.15, -0.1) is 0 Å². The summed E-state index contributed by atoms with van der Waals surface area (Å²) < 4.78 is 0. The van der Waals surface area contributed by atoms with E-state index in [-0.39, 0.29) is 0 Å². The molecule has 0 spiro atoms. The van der Waals surface area contributed by atoms with Gasteiger partial charge < -0.3 is 0 Å². The molecule has 0 aliphatic heterocycles. The van der Waals surface area contributed by atoms with Crippen LogP contribution in [-0.4, -0.2) is 0 Å². The van der Waals surface area contributed by atoms with Crippen molar-refractivity contribution in [2.45, 2.75) is 20.8 Å². The van der Waals surface area contributed by atoms with Crippen molar-refractivity contribution in [3.8, 4) is 0 Å². The molecule has 0 aromatic heterocycles. The Morgan fingerprint density at radius 3 is 2.58 bits per heavy atom. The second kappa shape index (κ2) is 3.77. The van der Waals surface area contributed by atoms with Crippen molar-refractivity contribution in [2.75, 3.05) is 0 Å². The maximum absolute atomic E-state index is 5.85. The lowest BCUT2D eigenvalue weighted by Crippen LogP contribution is -1.84. The number of rotatable bonds is 1. The van der Waals surface area contributed by atoms with E-state index in [2.05, 4.69) is 26.0 Å².